The van der Waals surface area contributed by atoms with Crippen LogP contribution in [0, 0.1) is 12.7 Å². The number of aromatic nitrogens is 2. The predicted octanol–water partition coefficient (Wildman–Crippen LogP) is 5.26. The standard InChI is InChI=1S/C22H19FN2O3S/c1-13-7-8-29(12-13)19-6-4-16(9-14(19)2)21-24-20(25-28-21)11-15-3-5-17(22(26)27)18(23)10-15/h3-10,12,29H,11H2,1-2H3,(H,26,27). The first-order valence-electron chi connectivity index (χ1n) is 9.01. The first kappa shape index (κ1) is 19.1. The molecule has 1 atom stereocenters. The largest absolute Gasteiger partial charge is 0.478 e. The summed E-state index contributed by atoms with van der Waals surface area (Å²) in [5.74, 6) is -1.27. The molecule has 1 unspecified atom stereocenters. The van der Waals surface area contributed by atoms with Gasteiger partial charge in [-0.3, -0.25) is 0 Å². The Morgan fingerprint density at radius 1 is 1.21 bits per heavy atom. The van der Waals surface area contributed by atoms with Crippen molar-refractivity contribution in [3.8, 4) is 11.5 Å². The van der Waals surface area contributed by atoms with Gasteiger partial charge in [0.2, 0.25) is 0 Å². The van der Waals surface area contributed by atoms with E-state index in [2.05, 4.69) is 46.9 Å². The van der Waals surface area contributed by atoms with E-state index in [-0.39, 0.29) is 12.0 Å². The third-order valence-electron chi connectivity index (χ3n) is 4.66. The lowest BCUT2D eigenvalue weighted by molar-refractivity contribution is 0.0692. The molecule has 0 saturated carbocycles. The molecule has 7 heteroatoms. The smallest absolute Gasteiger partial charge is 0.338 e. The van der Waals surface area contributed by atoms with E-state index in [0.717, 1.165) is 11.1 Å². The van der Waals surface area contributed by atoms with Gasteiger partial charge in [-0.05, 0) is 76.6 Å². The van der Waals surface area contributed by atoms with Gasteiger partial charge in [0.1, 0.15) is 5.82 Å². The van der Waals surface area contributed by atoms with Crippen molar-refractivity contribution in [3.63, 3.8) is 0 Å². The molecular weight excluding hydrogens is 391 g/mol. The first-order chi connectivity index (χ1) is 13.9. The average molecular weight is 410 g/mol. The summed E-state index contributed by atoms with van der Waals surface area (Å²) in [4.78, 5) is 16.6. The zero-order chi connectivity index (χ0) is 20.5. The summed E-state index contributed by atoms with van der Waals surface area (Å²) in [7, 11) is -0.407. The topological polar surface area (TPSA) is 76.2 Å². The third-order valence-corrected chi connectivity index (χ3v) is 6.87. The van der Waals surface area contributed by atoms with E-state index < -0.39 is 22.7 Å². The molecule has 1 aliphatic rings. The van der Waals surface area contributed by atoms with Crippen molar-refractivity contribution in [1.29, 1.82) is 0 Å². The van der Waals surface area contributed by atoms with E-state index in [4.69, 9.17) is 9.63 Å². The van der Waals surface area contributed by atoms with E-state index in [9.17, 15) is 9.18 Å². The maximum atomic E-state index is 13.9. The molecule has 1 N–H and O–H groups in total. The number of aryl methyl sites for hydroxylation is 1. The SMILES string of the molecule is CC1=C[SH](c2ccc(-c3nc(Cc4ccc(C(=O)O)c(F)c4)no3)cc2C)C=C1. The molecule has 0 radical (unpaired) electrons. The van der Waals surface area contributed by atoms with Crippen molar-refractivity contribution >= 4 is 16.9 Å². The van der Waals surface area contributed by atoms with Gasteiger partial charge >= 0.3 is 5.97 Å². The van der Waals surface area contributed by atoms with Crippen LogP contribution in [0.3, 0.4) is 0 Å². The molecule has 0 fully saturated rings. The Balaban J connectivity index is 1.53. The van der Waals surface area contributed by atoms with Gasteiger partial charge in [-0.25, -0.2) is 9.18 Å². The van der Waals surface area contributed by atoms with Crippen molar-refractivity contribution in [2.24, 2.45) is 0 Å². The Morgan fingerprint density at radius 2 is 2.03 bits per heavy atom. The Labute approximate surface area is 169 Å². The highest BCUT2D eigenvalue weighted by atomic mass is 32.2. The lowest BCUT2D eigenvalue weighted by Gasteiger charge is -2.14. The molecule has 1 aromatic heterocycles. The lowest BCUT2D eigenvalue weighted by atomic mass is 10.1. The molecule has 148 valence electrons. The maximum absolute atomic E-state index is 13.9. The summed E-state index contributed by atoms with van der Waals surface area (Å²) < 4.78 is 19.2. The molecule has 3 aromatic rings. The normalized spacial score (nSPS) is 16.8. The summed E-state index contributed by atoms with van der Waals surface area (Å²) >= 11 is 0. The van der Waals surface area contributed by atoms with Crippen LogP contribution >= 0.6 is 10.9 Å². The number of hydrogen-bond acceptors (Lipinski definition) is 4. The van der Waals surface area contributed by atoms with Gasteiger partial charge in [0, 0.05) is 12.0 Å². The number of benzene rings is 2. The van der Waals surface area contributed by atoms with Gasteiger partial charge in [0.15, 0.2) is 5.82 Å². The van der Waals surface area contributed by atoms with E-state index in [0.29, 0.717) is 17.3 Å². The van der Waals surface area contributed by atoms with Crippen LogP contribution in [-0.2, 0) is 6.42 Å². The summed E-state index contributed by atoms with van der Waals surface area (Å²) in [5.41, 5.74) is 3.49. The second-order valence-corrected chi connectivity index (χ2v) is 8.76. The van der Waals surface area contributed by atoms with Gasteiger partial charge in [0.25, 0.3) is 5.89 Å². The van der Waals surface area contributed by atoms with Crippen molar-refractivity contribution in [2.45, 2.75) is 25.2 Å². The van der Waals surface area contributed by atoms with Crippen LogP contribution in [-0.4, -0.2) is 21.2 Å². The molecule has 0 amide bonds. The number of hydrogen-bond donors (Lipinski definition) is 2. The first-order valence-corrected chi connectivity index (χ1v) is 10.5. The highest BCUT2D eigenvalue weighted by molar-refractivity contribution is 8.22. The molecule has 1 aliphatic heterocycles. The Hall–Kier alpha value is -3.19. The molecule has 29 heavy (non-hydrogen) atoms. The van der Waals surface area contributed by atoms with Crippen molar-refractivity contribution < 1.29 is 18.8 Å². The number of carbonyl (C=O) groups is 1. The number of thiol groups is 1. The number of carboxylic acids is 1. The Kier molecular flexibility index (Phi) is 5.07. The minimum atomic E-state index is -1.30. The number of nitrogens with zero attached hydrogens (tertiary/aromatic N) is 2. The molecule has 4 rings (SSSR count). The molecule has 2 heterocycles. The molecule has 2 aromatic carbocycles. The van der Waals surface area contributed by atoms with Gasteiger partial charge < -0.3 is 9.63 Å². The average Bonchev–Trinajstić information content (AvgIpc) is 3.30. The van der Waals surface area contributed by atoms with E-state index in [1.165, 1.54) is 22.6 Å². The number of aromatic carboxylic acids is 1. The maximum Gasteiger partial charge on any atom is 0.338 e. The molecular formula is C22H19FN2O3S. The van der Waals surface area contributed by atoms with Crippen molar-refractivity contribution in [3.05, 3.63) is 87.2 Å². The highest BCUT2D eigenvalue weighted by Gasteiger charge is 2.15. The van der Waals surface area contributed by atoms with Gasteiger partial charge in [-0.15, -0.1) is 0 Å². The Bertz CT molecular complexity index is 1170. The van der Waals surface area contributed by atoms with Gasteiger partial charge in [-0.2, -0.15) is 15.9 Å². The van der Waals surface area contributed by atoms with Crippen molar-refractivity contribution in [1.82, 2.24) is 10.1 Å². The summed E-state index contributed by atoms with van der Waals surface area (Å²) in [6, 6.07) is 10.1. The minimum absolute atomic E-state index is 0.248. The monoisotopic (exact) mass is 410 g/mol. The van der Waals surface area contributed by atoms with Crippen LogP contribution < -0.4 is 0 Å². The number of carboxylic acid groups (broad SMARTS) is 1. The number of rotatable bonds is 5. The molecule has 0 aliphatic carbocycles. The van der Waals surface area contributed by atoms with Crippen molar-refractivity contribution in [2.75, 3.05) is 0 Å². The van der Waals surface area contributed by atoms with Crippen LogP contribution in [0.2, 0.25) is 0 Å². The summed E-state index contributed by atoms with van der Waals surface area (Å²) in [5, 5.41) is 17.4. The Morgan fingerprint density at radius 3 is 2.69 bits per heavy atom. The molecule has 0 spiro atoms. The highest BCUT2D eigenvalue weighted by Crippen LogP contribution is 2.46. The zero-order valence-corrected chi connectivity index (χ0v) is 16.8. The van der Waals surface area contributed by atoms with E-state index >= 15 is 0 Å². The number of halogens is 1. The van der Waals surface area contributed by atoms with E-state index in [1.807, 2.05) is 12.1 Å². The van der Waals surface area contributed by atoms with Crippen LogP contribution in [0.4, 0.5) is 4.39 Å². The summed E-state index contributed by atoms with van der Waals surface area (Å²) in [6.07, 6.45) is 2.40. The molecule has 0 saturated heterocycles. The second-order valence-electron chi connectivity index (χ2n) is 6.91. The van der Waals surface area contributed by atoms with Gasteiger partial charge in [0.05, 0.1) is 5.56 Å². The quantitative estimate of drug-likeness (QED) is 0.561. The predicted molar refractivity (Wildman–Crippen MR) is 111 cm³/mol. The fourth-order valence-corrected chi connectivity index (χ4v) is 5.22. The van der Waals surface area contributed by atoms with Crippen LogP contribution in [0.25, 0.3) is 11.5 Å². The molecule has 0 bridgehead atoms. The number of allylic oxidation sites excluding steroid dienone is 2. The fraction of sp³-hybridized carbons (Fsp3) is 0.136. The van der Waals surface area contributed by atoms with Crippen LogP contribution in [0.1, 0.15) is 34.2 Å². The lowest BCUT2D eigenvalue weighted by Crippen LogP contribution is -2.01. The summed E-state index contributed by atoms with van der Waals surface area (Å²) in [6.45, 7) is 4.17. The van der Waals surface area contributed by atoms with Crippen LogP contribution in [0.5, 0.6) is 0 Å². The minimum Gasteiger partial charge on any atom is -0.478 e. The van der Waals surface area contributed by atoms with E-state index in [1.54, 1.807) is 6.07 Å². The van der Waals surface area contributed by atoms with Gasteiger partial charge in [-0.1, -0.05) is 17.3 Å². The third kappa shape index (κ3) is 4.00. The second kappa shape index (κ2) is 7.67. The fourth-order valence-electron chi connectivity index (χ4n) is 3.20. The van der Waals surface area contributed by atoms with Crippen LogP contribution in [0.15, 0.2) is 68.3 Å². The zero-order valence-electron chi connectivity index (χ0n) is 15.9. The molecule has 5 nitrogen and oxygen atoms in total.